The van der Waals surface area contributed by atoms with Crippen LogP contribution in [0.25, 0.3) is 82.8 Å². The van der Waals surface area contributed by atoms with Gasteiger partial charge in [0.25, 0.3) is 0 Å². The van der Waals surface area contributed by atoms with Gasteiger partial charge in [-0.1, -0.05) is 133 Å². The lowest BCUT2D eigenvalue weighted by atomic mass is 10.0. The molecule has 0 amide bonds. The minimum atomic E-state index is 0.907. The summed E-state index contributed by atoms with van der Waals surface area (Å²) in [7, 11) is 0. The van der Waals surface area contributed by atoms with Crippen LogP contribution in [-0.2, 0) is 0 Å². The Labute approximate surface area is 337 Å². The molecular weight excluding hydrogens is 705 g/mol. The van der Waals surface area contributed by atoms with Crippen LogP contribution in [0, 0.1) is 6.92 Å². The number of aryl methyl sites for hydroxylation is 1. The van der Waals surface area contributed by atoms with E-state index < -0.39 is 0 Å². The van der Waals surface area contributed by atoms with Gasteiger partial charge in [0.15, 0.2) is 0 Å². The summed E-state index contributed by atoms with van der Waals surface area (Å²) in [6.45, 7) is 2.13. The molecule has 11 aromatic rings. The van der Waals surface area contributed by atoms with Gasteiger partial charge in [-0.15, -0.1) is 0 Å². The van der Waals surface area contributed by atoms with Crippen LogP contribution in [0.5, 0.6) is 0 Å². The Hall–Kier alpha value is -7.62. The molecule has 2 heterocycles. The smallest absolute Gasteiger partial charge is 0.135 e. The first-order valence-corrected chi connectivity index (χ1v) is 19.8. The Morgan fingerprint density at radius 3 is 1.47 bits per heavy atom. The van der Waals surface area contributed by atoms with Crippen LogP contribution in [0.3, 0.4) is 0 Å². The summed E-state index contributed by atoms with van der Waals surface area (Å²) in [6, 6.07) is 76.4. The third-order valence-electron chi connectivity index (χ3n) is 11.5. The summed E-state index contributed by atoms with van der Waals surface area (Å²) in [4.78, 5) is 2.34. The number of para-hydroxylation sites is 2. The van der Waals surface area contributed by atoms with Gasteiger partial charge in [-0.25, -0.2) is 0 Å². The second kappa shape index (κ2) is 13.8. The highest BCUT2D eigenvalue weighted by molar-refractivity contribution is 6.10. The summed E-state index contributed by atoms with van der Waals surface area (Å²) in [6.07, 6.45) is 0. The van der Waals surface area contributed by atoms with Gasteiger partial charge in [-0.05, 0) is 125 Å². The number of aromatic nitrogens is 1. The molecule has 2 aromatic heterocycles. The van der Waals surface area contributed by atoms with E-state index in [0.29, 0.717) is 0 Å². The molecule has 0 aliphatic rings. The highest BCUT2D eigenvalue weighted by atomic mass is 16.3. The number of fused-ring (bicyclic) bond motifs is 6. The molecule has 0 saturated carbocycles. The fraction of sp³-hybridized carbons (Fsp3) is 0.0182. The van der Waals surface area contributed by atoms with Gasteiger partial charge in [0.1, 0.15) is 11.2 Å². The third kappa shape index (κ3) is 5.84. The molecule has 0 aliphatic carbocycles. The Morgan fingerprint density at radius 1 is 0.345 bits per heavy atom. The molecule has 0 radical (unpaired) electrons. The standard InChI is InChI=1S/C55H38N2O/c1-37-15-25-47(26-16-37)57-52-13-7-5-11-48(52)50-35-42(23-33-53(50)57)40-19-29-45(30-20-40)56(44-27-17-39(18-28-44)38-9-3-2-4-10-38)46-31-21-41(22-32-46)43-24-34-55-51(36-43)49-12-6-8-14-54(49)58-55/h2-36H,1H3. The van der Waals surface area contributed by atoms with Crippen molar-refractivity contribution in [3.05, 3.63) is 218 Å². The van der Waals surface area contributed by atoms with Gasteiger partial charge >= 0.3 is 0 Å². The molecule has 3 heteroatoms. The minimum absolute atomic E-state index is 0.907. The van der Waals surface area contributed by atoms with E-state index in [4.69, 9.17) is 4.42 Å². The lowest BCUT2D eigenvalue weighted by Crippen LogP contribution is -2.09. The van der Waals surface area contributed by atoms with Crippen molar-refractivity contribution < 1.29 is 4.42 Å². The van der Waals surface area contributed by atoms with Crippen molar-refractivity contribution in [2.24, 2.45) is 0 Å². The van der Waals surface area contributed by atoms with Crippen molar-refractivity contribution in [1.82, 2.24) is 4.57 Å². The van der Waals surface area contributed by atoms with Gasteiger partial charge in [0.2, 0.25) is 0 Å². The third-order valence-corrected chi connectivity index (χ3v) is 11.5. The fourth-order valence-corrected chi connectivity index (χ4v) is 8.52. The van der Waals surface area contributed by atoms with Crippen LogP contribution >= 0.6 is 0 Å². The Morgan fingerprint density at radius 2 is 0.810 bits per heavy atom. The van der Waals surface area contributed by atoms with Crippen molar-refractivity contribution in [2.45, 2.75) is 6.92 Å². The highest BCUT2D eigenvalue weighted by Crippen LogP contribution is 2.40. The van der Waals surface area contributed by atoms with E-state index in [1.165, 1.54) is 55.3 Å². The summed E-state index contributed by atoms with van der Waals surface area (Å²) >= 11 is 0. The molecule has 0 unspecified atom stereocenters. The Balaban J connectivity index is 0.967. The van der Waals surface area contributed by atoms with Gasteiger partial charge in [0, 0.05) is 44.3 Å². The summed E-state index contributed by atoms with van der Waals surface area (Å²) in [5, 5.41) is 4.77. The maximum Gasteiger partial charge on any atom is 0.135 e. The van der Waals surface area contributed by atoms with Crippen LogP contribution in [0.1, 0.15) is 5.56 Å². The van der Waals surface area contributed by atoms with Gasteiger partial charge < -0.3 is 13.9 Å². The molecule has 0 fully saturated rings. The number of nitrogens with zero attached hydrogens (tertiary/aromatic N) is 2. The molecular formula is C55H38N2O. The average molecular weight is 743 g/mol. The fourth-order valence-electron chi connectivity index (χ4n) is 8.52. The van der Waals surface area contributed by atoms with Crippen molar-refractivity contribution in [2.75, 3.05) is 4.90 Å². The van der Waals surface area contributed by atoms with Crippen molar-refractivity contribution in [3.63, 3.8) is 0 Å². The molecule has 0 bridgehead atoms. The Kier molecular flexibility index (Phi) is 8.04. The van der Waals surface area contributed by atoms with E-state index in [9.17, 15) is 0 Å². The van der Waals surface area contributed by atoms with Crippen molar-refractivity contribution in [3.8, 4) is 39.1 Å². The average Bonchev–Trinajstić information content (AvgIpc) is 3.83. The lowest BCUT2D eigenvalue weighted by Gasteiger charge is -2.26. The highest BCUT2D eigenvalue weighted by Gasteiger charge is 2.16. The largest absolute Gasteiger partial charge is 0.456 e. The maximum atomic E-state index is 6.11. The Bertz CT molecular complexity index is 3250. The molecule has 0 saturated heterocycles. The van der Waals surface area contributed by atoms with Crippen LogP contribution in [0.4, 0.5) is 17.1 Å². The van der Waals surface area contributed by atoms with E-state index in [1.54, 1.807) is 0 Å². The normalized spacial score (nSPS) is 11.5. The predicted octanol–water partition coefficient (Wildman–Crippen LogP) is 15.5. The van der Waals surface area contributed by atoms with E-state index >= 15 is 0 Å². The molecule has 3 nitrogen and oxygen atoms in total. The van der Waals surface area contributed by atoms with E-state index in [0.717, 1.165) is 50.1 Å². The summed E-state index contributed by atoms with van der Waals surface area (Å²) in [5.41, 5.74) is 17.0. The first-order chi connectivity index (χ1) is 28.6. The van der Waals surface area contributed by atoms with Crippen molar-refractivity contribution in [1.29, 1.82) is 0 Å². The molecule has 11 rings (SSSR count). The van der Waals surface area contributed by atoms with Gasteiger partial charge in [-0.2, -0.15) is 0 Å². The second-order valence-electron chi connectivity index (χ2n) is 15.1. The SMILES string of the molecule is Cc1ccc(-n2c3ccccc3c3cc(-c4ccc(N(c5ccc(-c6ccccc6)cc5)c5ccc(-c6ccc7oc8ccccc8c7c6)cc5)cc4)ccc32)cc1. The number of benzene rings is 9. The quantitative estimate of drug-likeness (QED) is 0.162. The van der Waals surface area contributed by atoms with E-state index in [1.807, 2.05) is 12.1 Å². The summed E-state index contributed by atoms with van der Waals surface area (Å²) < 4.78 is 8.49. The molecule has 0 N–H and O–H groups in total. The number of anilines is 3. The lowest BCUT2D eigenvalue weighted by molar-refractivity contribution is 0.669. The second-order valence-corrected chi connectivity index (χ2v) is 15.1. The van der Waals surface area contributed by atoms with Crippen LogP contribution in [-0.4, -0.2) is 4.57 Å². The first-order valence-electron chi connectivity index (χ1n) is 19.8. The zero-order valence-electron chi connectivity index (χ0n) is 32.0. The monoisotopic (exact) mass is 742 g/mol. The molecule has 0 aliphatic heterocycles. The molecule has 0 atom stereocenters. The zero-order chi connectivity index (χ0) is 38.6. The number of rotatable bonds is 7. The first kappa shape index (κ1) is 33.7. The number of furan rings is 1. The van der Waals surface area contributed by atoms with E-state index in [2.05, 4.69) is 217 Å². The topological polar surface area (TPSA) is 21.3 Å². The summed E-state index contributed by atoms with van der Waals surface area (Å²) in [5.74, 6) is 0. The van der Waals surface area contributed by atoms with Crippen LogP contribution < -0.4 is 4.90 Å². The number of hydrogen-bond acceptors (Lipinski definition) is 2. The molecule has 9 aromatic carbocycles. The number of hydrogen-bond donors (Lipinski definition) is 0. The van der Waals surface area contributed by atoms with E-state index in [-0.39, 0.29) is 0 Å². The predicted molar refractivity (Wildman–Crippen MR) is 244 cm³/mol. The molecule has 274 valence electrons. The van der Waals surface area contributed by atoms with Crippen LogP contribution in [0.2, 0.25) is 0 Å². The van der Waals surface area contributed by atoms with Gasteiger partial charge in [-0.3, -0.25) is 0 Å². The minimum Gasteiger partial charge on any atom is -0.456 e. The zero-order valence-corrected chi connectivity index (χ0v) is 32.0. The van der Waals surface area contributed by atoms with Gasteiger partial charge in [0.05, 0.1) is 11.0 Å². The van der Waals surface area contributed by atoms with Crippen LogP contribution in [0.15, 0.2) is 217 Å². The maximum absolute atomic E-state index is 6.11. The molecule has 0 spiro atoms. The molecule has 58 heavy (non-hydrogen) atoms. The van der Waals surface area contributed by atoms with Crippen molar-refractivity contribution >= 4 is 60.8 Å².